The van der Waals surface area contributed by atoms with Crippen LogP contribution in [0.1, 0.15) is 17.3 Å². The molecule has 0 aliphatic carbocycles. The quantitative estimate of drug-likeness (QED) is 0.657. The van der Waals surface area contributed by atoms with Crippen LogP contribution in [0.3, 0.4) is 0 Å². The zero-order valence-electron chi connectivity index (χ0n) is 10.2. The summed E-state index contributed by atoms with van der Waals surface area (Å²) in [4.78, 5) is 11.7. The lowest BCUT2D eigenvalue weighted by Gasteiger charge is -2.09. The first kappa shape index (κ1) is 14.5. The van der Waals surface area contributed by atoms with Crippen molar-refractivity contribution in [1.82, 2.24) is 5.32 Å². The number of nitrogens with one attached hydrogen (secondary N) is 1. The van der Waals surface area contributed by atoms with Crippen LogP contribution in [0.15, 0.2) is 23.1 Å². The largest absolute Gasteiger partial charge is 0.399 e. The Balaban J connectivity index is 3.03. The van der Waals surface area contributed by atoms with Gasteiger partial charge in [-0.15, -0.1) is 0 Å². The van der Waals surface area contributed by atoms with Crippen LogP contribution in [0.25, 0.3) is 0 Å². The summed E-state index contributed by atoms with van der Waals surface area (Å²) in [6.07, 6.45) is 0.364. The molecule has 0 heterocycles. The van der Waals surface area contributed by atoms with Crippen molar-refractivity contribution in [1.29, 1.82) is 0 Å². The zero-order chi connectivity index (χ0) is 13.9. The molecule has 1 amide bonds. The van der Waals surface area contributed by atoms with Crippen molar-refractivity contribution in [2.24, 2.45) is 0 Å². The number of anilines is 1. The molecule has 0 unspecified atom stereocenters. The number of aliphatic hydroxyl groups excluding tert-OH is 1. The molecule has 7 heteroatoms. The molecule has 1 aromatic rings. The number of benzene rings is 1. The molecule has 6 nitrogen and oxygen atoms in total. The average molecular weight is 272 g/mol. The van der Waals surface area contributed by atoms with Crippen molar-refractivity contribution in [3.63, 3.8) is 0 Å². The molecule has 1 aromatic carbocycles. The summed E-state index contributed by atoms with van der Waals surface area (Å²) < 4.78 is 22.8. The number of aliphatic hydroxyl groups is 1. The minimum Gasteiger partial charge on any atom is -0.399 e. The van der Waals surface area contributed by atoms with Crippen molar-refractivity contribution >= 4 is 21.4 Å². The molecule has 0 aliphatic heterocycles. The van der Waals surface area contributed by atoms with Crippen LogP contribution >= 0.6 is 0 Å². The van der Waals surface area contributed by atoms with Crippen LogP contribution in [0.4, 0.5) is 5.69 Å². The Morgan fingerprint density at radius 1 is 1.44 bits per heavy atom. The average Bonchev–Trinajstić information content (AvgIpc) is 2.23. The summed E-state index contributed by atoms with van der Waals surface area (Å²) in [6.45, 7) is 1.61. The number of amides is 1. The van der Waals surface area contributed by atoms with E-state index in [0.29, 0.717) is 0 Å². The van der Waals surface area contributed by atoms with Gasteiger partial charge in [0.25, 0.3) is 5.91 Å². The third kappa shape index (κ3) is 4.01. The smallest absolute Gasteiger partial charge is 0.251 e. The number of sulfone groups is 1. The summed E-state index contributed by atoms with van der Waals surface area (Å²) in [7, 11) is -3.42. The normalized spacial score (nSPS) is 13.1. The highest BCUT2D eigenvalue weighted by Gasteiger charge is 2.13. The predicted octanol–water partition coefficient (Wildman–Crippen LogP) is -0.217. The highest BCUT2D eigenvalue weighted by molar-refractivity contribution is 7.90. The molecule has 0 bridgehead atoms. The van der Waals surface area contributed by atoms with Gasteiger partial charge in [0.15, 0.2) is 9.84 Å². The molecular formula is C11H16N2O4S. The van der Waals surface area contributed by atoms with E-state index in [9.17, 15) is 13.2 Å². The predicted molar refractivity (Wildman–Crippen MR) is 68.0 cm³/mol. The van der Waals surface area contributed by atoms with Gasteiger partial charge >= 0.3 is 0 Å². The highest BCUT2D eigenvalue weighted by atomic mass is 32.2. The first-order valence-corrected chi connectivity index (χ1v) is 7.16. The fourth-order valence-corrected chi connectivity index (χ4v) is 2.00. The molecular weight excluding hydrogens is 256 g/mol. The first-order valence-electron chi connectivity index (χ1n) is 5.27. The second kappa shape index (κ2) is 5.36. The number of carbonyl (C=O) groups excluding carboxylic acids is 1. The lowest BCUT2D eigenvalue weighted by molar-refractivity contribution is 0.0924. The molecule has 0 aliphatic rings. The lowest BCUT2D eigenvalue weighted by Crippen LogP contribution is -2.30. The van der Waals surface area contributed by atoms with E-state index in [2.05, 4.69) is 5.32 Å². The summed E-state index contributed by atoms with van der Waals surface area (Å²) in [5, 5.41) is 11.5. The molecule has 1 atom stereocenters. The van der Waals surface area contributed by atoms with Gasteiger partial charge in [-0.25, -0.2) is 8.42 Å². The van der Waals surface area contributed by atoms with Gasteiger partial charge in [-0.05, 0) is 25.1 Å². The maximum absolute atomic E-state index is 11.7. The second-order valence-electron chi connectivity index (χ2n) is 4.12. The van der Waals surface area contributed by atoms with E-state index in [1.807, 2.05) is 0 Å². The lowest BCUT2D eigenvalue weighted by atomic mass is 10.2. The van der Waals surface area contributed by atoms with Gasteiger partial charge in [0.05, 0.1) is 11.0 Å². The van der Waals surface area contributed by atoms with Gasteiger partial charge in [0.2, 0.25) is 0 Å². The van der Waals surface area contributed by atoms with Crippen molar-refractivity contribution in [3.05, 3.63) is 23.8 Å². The number of nitrogen functional groups attached to an aromatic ring is 1. The molecule has 18 heavy (non-hydrogen) atoms. The third-order valence-electron chi connectivity index (χ3n) is 2.18. The Morgan fingerprint density at radius 2 is 2.06 bits per heavy atom. The molecule has 0 saturated heterocycles. The fourth-order valence-electron chi connectivity index (χ4n) is 1.31. The SMILES string of the molecule is C[C@H](O)CNC(=O)c1cc(N)cc(S(C)(=O)=O)c1. The topological polar surface area (TPSA) is 109 Å². The summed E-state index contributed by atoms with van der Waals surface area (Å²) >= 11 is 0. The molecule has 100 valence electrons. The molecule has 0 spiro atoms. The molecule has 0 saturated carbocycles. The van der Waals surface area contributed by atoms with E-state index >= 15 is 0 Å². The third-order valence-corrected chi connectivity index (χ3v) is 3.27. The highest BCUT2D eigenvalue weighted by Crippen LogP contribution is 2.16. The Labute approximate surface area is 106 Å². The van der Waals surface area contributed by atoms with Gasteiger partial charge in [-0.2, -0.15) is 0 Å². The van der Waals surface area contributed by atoms with Gasteiger partial charge in [0.1, 0.15) is 0 Å². The van der Waals surface area contributed by atoms with Crippen LogP contribution < -0.4 is 11.1 Å². The van der Waals surface area contributed by atoms with E-state index in [1.165, 1.54) is 25.1 Å². The molecule has 0 aromatic heterocycles. The standard InChI is InChI=1S/C11H16N2O4S/c1-7(14)6-13-11(15)8-3-9(12)5-10(4-8)18(2,16)17/h3-5,7,14H,6,12H2,1-2H3,(H,13,15)/t7-/m0/s1. The number of carbonyl (C=O) groups is 1. The maximum atomic E-state index is 11.7. The van der Waals surface area contributed by atoms with Crippen molar-refractivity contribution < 1.29 is 18.3 Å². The zero-order valence-corrected chi connectivity index (χ0v) is 11.0. The van der Waals surface area contributed by atoms with Crippen LogP contribution in [-0.2, 0) is 9.84 Å². The summed E-state index contributed by atoms with van der Waals surface area (Å²) in [6, 6.07) is 3.93. The monoisotopic (exact) mass is 272 g/mol. The van der Waals surface area contributed by atoms with E-state index in [-0.39, 0.29) is 22.7 Å². The summed E-state index contributed by atoms with van der Waals surface area (Å²) in [5.41, 5.74) is 5.90. The Morgan fingerprint density at radius 3 is 2.56 bits per heavy atom. The molecule has 4 N–H and O–H groups in total. The van der Waals surface area contributed by atoms with Crippen molar-refractivity contribution in [2.75, 3.05) is 18.5 Å². The minimum atomic E-state index is -3.42. The first-order chi connectivity index (χ1) is 8.20. The Hall–Kier alpha value is -1.60. The van der Waals surface area contributed by atoms with Gasteiger partial charge in [-0.3, -0.25) is 4.79 Å². The van der Waals surface area contributed by atoms with Gasteiger partial charge < -0.3 is 16.2 Å². The van der Waals surface area contributed by atoms with Gasteiger partial charge in [-0.1, -0.05) is 0 Å². The number of hydrogen-bond acceptors (Lipinski definition) is 5. The van der Waals surface area contributed by atoms with Crippen LogP contribution in [0.5, 0.6) is 0 Å². The Kier molecular flexibility index (Phi) is 4.31. The van der Waals surface area contributed by atoms with Crippen LogP contribution in [0, 0.1) is 0 Å². The van der Waals surface area contributed by atoms with E-state index < -0.39 is 21.8 Å². The summed E-state index contributed by atoms with van der Waals surface area (Å²) in [5.74, 6) is -0.479. The van der Waals surface area contributed by atoms with Crippen molar-refractivity contribution in [3.8, 4) is 0 Å². The molecule has 0 radical (unpaired) electrons. The maximum Gasteiger partial charge on any atom is 0.251 e. The van der Waals surface area contributed by atoms with E-state index in [0.717, 1.165) is 6.26 Å². The number of nitrogens with two attached hydrogens (primary N) is 1. The van der Waals surface area contributed by atoms with Gasteiger partial charge in [0, 0.05) is 24.1 Å². The number of hydrogen-bond donors (Lipinski definition) is 3. The minimum absolute atomic E-state index is 0.00954. The molecule has 1 rings (SSSR count). The van der Waals surface area contributed by atoms with Crippen LogP contribution in [-0.4, -0.2) is 38.3 Å². The second-order valence-corrected chi connectivity index (χ2v) is 6.14. The van der Waals surface area contributed by atoms with E-state index in [4.69, 9.17) is 10.8 Å². The fraction of sp³-hybridized carbons (Fsp3) is 0.364. The van der Waals surface area contributed by atoms with E-state index in [1.54, 1.807) is 0 Å². The number of rotatable bonds is 4. The Bertz CT molecular complexity index is 552. The van der Waals surface area contributed by atoms with Crippen molar-refractivity contribution in [2.45, 2.75) is 17.9 Å². The van der Waals surface area contributed by atoms with Crippen LogP contribution in [0.2, 0.25) is 0 Å². The molecule has 0 fully saturated rings.